The number of hydrogen-bond acceptors (Lipinski definition) is 8. The van der Waals surface area contributed by atoms with E-state index in [4.69, 9.17) is 9.47 Å². The van der Waals surface area contributed by atoms with Gasteiger partial charge < -0.3 is 19.5 Å². The number of nitrogens with one attached hydrogen (secondary N) is 1. The number of alkyl halides is 3. The number of aryl methyl sites for hydroxylation is 1. The van der Waals surface area contributed by atoms with Gasteiger partial charge in [-0.05, 0) is 24.1 Å². The lowest BCUT2D eigenvalue weighted by atomic mass is 10.2. The Hall–Kier alpha value is -2.99. The number of amides is 1. The number of rotatable bonds is 8. The number of carbonyl (C=O) groups is 1. The standard InChI is InChI=1S/C19H19F3N4O4S/c1-10-14-17(29-3)25-12(8-28-2)26-18(14)31-15(10)16(27)24-7-11-4-5-23-13(6-11)30-9-19(20,21)22/h4-6H,7-9H2,1-3H3,(H,24,27). The van der Waals surface area contributed by atoms with E-state index in [1.807, 2.05) is 0 Å². The van der Waals surface area contributed by atoms with Gasteiger partial charge >= 0.3 is 6.18 Å². The second-order valence-corrected chi connectivity index (χ2v) is 7.41. The van der Waals surface area contributed by atoms with E-state index in [1.54, 1.807) is 13.0 Å². The second-order valence-electron chi connectivity index (χ2n) is 6.41. The third-order valence-electron chi connectivity index (χ3n) is 4.11. The van der Waals surface area contributed by atoms with Gasteiger partial charge in [0.15, 0.2) is 12.4 Å². The van der Waals surface area contributed by atoms with Crippen molar-refractivity contribution in [3.05, 3.63) is 40.2 Å². The van der Waals surface area contributed by atoms with Gasteiger partial charge in [-0.1, -0.05) is 0 Å². The fourth-order valence-electron chi connectivity index (χ4n) is 2.76. The topological polar surface area (TPSA) is 95.5 Å². The number of methoxy groups -OCH3 is 2. The smallest absolute Gasteiger partial charge is 0.422 e. The average Bonchev–Trinajstić information content (AvgIpc) is 3.06. The van der Waals surface area contributed by atoms with E-state index in [0.29, 0.717) is 37.9 Å². The molecular weight excluding hydrogens is 437 g/mol. The molecule has 0 bridgehead atoms. The average molecular weight is 456 g/mol. The van der Waals surface area contributed by atoms with Crippen LogP contribution in [0.25, 0.3) is 10.2 Å². The van der Waals surface area contributed by atoms with Gasteiger partial charge in [-0.15, -0.1) is 11.3 Å². The molecule has 1 amide bonds. The monoisotopic (exact) mass is 456 g/mol. The minimum absolute atomic E-state index is 0.0785. The number of hydrogen-bond donors (Lipinski definition) is 1. The first kappa shape index (κ1) is 22.7. The third-order valence-corrected chi connectivity index (χ3v) is 5.30. The van der Waals surface area contributed by atoms with Gasteiger partial charge in [0.2, 0.25) is 11.8 Å². The van der Waals surface area contributed by atoms with Crippen LogP contribution in [0.2, 0.25) is 0 Å². The molecule has 0 atom stereocenters. The summed E-state index contributed by atoms with van der Waals surface area (Å²) >= 11 is 1.19. The van der Waals surface area contributed by atoms with Crippen LogP contribution in [-0.2, 0) is 17.9 Å². The van der Waals surface area contributed by atoms with Gasteiger partial charge in [-0.25, -0.2) is 9.97 Å². The van der Waals surface area contributed by atoms with Crippen LogP contribution in [0.15, 0.2) is 18.3 Å². The summed E-state index contributed by atoms with van der Waals surface area (Å²) in [5.41, 5.74) is 1.21. The molecule has 0 fully saturated rings. The molecule has 3 rings (SSSR count). The molecule has 0 aliphatic carbocycles. The van der Waals surface area contributed by atoms with Gasteiger partial charge in [0, 0.05) is 25.9 Å². The number of fused-ring (bicyclic) bond motifs is 1. The molecule has 0 unspecified atom stereocenters. The lowest BCUT2D eigenvalue weighted by Crippen LogP contribution is -2.23. The quantitative estimate of drug-likeness (QED) is 0.555. The fourth-order valence-corrected chi connectivity index (χ4v) is 3.87. The van der Waals surface area contributed by atoms with Gasteiger partial charge in [-0.2, -0.15) is 18.2 Å². The molecule has 3 aromatic heterocycles. The van der Waals surface area contributed by atoms with Crippen molar-refractivity contribution in [3.8, 4) is 11.8 Å². The Morgan fingerprint density at radius 2 is 2.03 bits per heavy atom. The van der Waals surface area contributed by atoms with E-state index in [1.165, 1.54) is 37.8 Å². The van der Waals surface area contributed by atoms with E-state index in [9.17, 15) is 18.0 Å². The normalized spacial score (nSPS) is 11.5. The first-order valence-corrected chi connectivity index (χ1v) is 9.79. The van der Waals surface area contributed by atoms with Gasteiger partial charge in [0.25, 0.3) is 5.91 Å². The Morgan fingerprint density at radius 3 is 2.71 bits per heavy atom. The van der Waals surface area contributed by atoms with Crippen molar-refractivity contribution in [2.75, 3.05) is 20.8 Å². The highest BCUT2D eigenvalue weighted by molar-refractivity contribution is 7.20. The van der Waals surface area contributed by atoms with Crippen LogP contribution in [0.3, 0.4) is 0 Å². The number of thiophene rings is 1. The van der Waals surface area contributed by atoms with Crippen LogP contribution in [0.1, 0.15) is 26.6 Å². The predicted molar refractivity (Wildman–Crippen MR) is 106 cm³/mol. The highest BCUT2D eigenvalue weighted by Gasteiger charge is 2.28. The number of pyridine rings is 1. The molecule has 0 aliphatic rings. The van der Waals surface area contributed by atoms with E-state index in [-0.39, 0.29) is 24.9 Å². The molecule has 3 heterocycles. The van der Waals surface area contributed by atoms with Crippen molar-refractivity contribution in [1.29, 1.82) is 0 Å². The van der Waals surface area contributed by atoms with Crippen molar-refractivity contribution < 1.29 is 32.2 Å². The maximum atomic E-state index is 12.8. The minimum atomic E-state index is -4.46. The molecule has 0 saturated heterocycles. The highest BCUT2D eigenvalue weighted by Crippen LogP contribution is 2.35. The number of aromatic nitrogens is 3. The van der Waals surface area contributed by atoms with Crippen LogP contribution < -0.4 is 14.8 Å². The maximum Gasteiger partial charge on any atom is 0.422 e. The van der Waals surface area contributed by atoms with E-state index in [0.717, 1.165) is 0 Å². The SMILES string of the molecule is COCc1nc(OC)c2c(C)c(C(=O)NCc3ccnc(OCC(F)(F)F)c3)sc2n1. The first-order chi connectivity index (χ1) is 14.7. The molecule has 0 radical (unpaired) electrons. The van der Waals surface area contributed by atoms with Gasteiger partial charge in [0.05, 0.1) is 17.4 Å². The summed E-state index contributed by atoms with van der Waals surface area (Å²) in [4.78, 5) is 26.2. The molecular formula is C19H19F3N4O4S. The molecule has 3 aromatic rings. The third kappa shape index (κ3) is 5.58. The molecule has 8 nitrogen and oxygen atoms in total. The number of nitrogens with zero attached hydrogens (tertiary/aromatic N) is 3. The minimum Gasteiger partial charge on any atom is -0.480 e. The summed E-state index contributed by atoms with van der Waals surface area (Å²) in [6.45, 7) is 0.608. The molecule has 12 heteroatoms. The summed E-state index contributed by atoms with van der Waals surface area (Å²) in [5, 5.41) is 3.39. The Bertz CT molecular complexity index is 1090. The Kier molecular flexibility index (Phi) is 6.91. The Labute approximate surface area is 179 Å². The number of ether oxygens (including phenoxy) is 3. The lowest BCUT2D eigenvalue weighted by Gasteiger charge is -2.10. The zero-order valence-corrected chi connectivity index (χ0v) is 17.7. The van der Waals surface area contributed by atoms with Crippen LogP contribution in [0.5, 0.6) is 11.8 Å². The molecule has 31 heavy (non-hydrogen) atoms. The van der Waals surface area contributed by atoms with Crippen LogP contribution in [-0.4, -0.2) is 47.9 Å². The fraction of sp³-hybridized carbons (Fsp3) is 0.368. The molecule has 166 valence electrons. The zero-order chi connectivity index (χ0) is 22.6. The summed E-state index contributed by atoms with van der Waals surface area (Å²) in [6, 6.07) is 2.92. The molecule has 0 aliphatic heterocycles. The van der Waals surface area contributed by atoms with E-state index < -0.39 is 12.8 Å². The highest BCUT2D eigenvalue weighted by atomic mass is 32.1. The van der Waals surface area contributed by atoms with Crippen molar-refractivity contribution in [3.63, 3.8) is 0 Å². The van der Waals surface area contributed by atoms with Gasteiger partial charge in [0.1, 0.15) is 11.4 Å². The summed E-state index contributed by atoms with van der Waals surface area (Å²) in [5.74, 6) is 0.256. The van der Waals surface area contributed by atoms with Crippen molar-refractivity contribution >= 4 is 27.5 Å². The Morgan fingerprint density at radius 1 is 1.26 bits per heavy atom. The second kappa shape index (κ2) is 9.43. The van der Waals surface area contributed by atoms with E-state index >= 15 is 0 Å². The van der Waals surface area contributed by atoms with Crippen LogP contribution in [0, 0.1) is 6.92 Å². The predicted octanol–water partition coefficient (Wildman–Crippen LogP) is 3.42. The number of carbonyl (C=O) groups excluding carboxylic acids is 1. The largest absolute Gasteiger partial charge is 0.480 e. The lowest BCUT2D eigenvalue weighted by molar-refractivity contribution is -0.154. The summed E-state index contributed by atoms with van der Waals surface area (Å²) in [6.07, 6.45) is -3.15. The zero-order valence-electron chi connectivity index (χ0n) is 16.9. The summed E-state index contributed by atoms with van der Waals surface area (Å²) < 4.78 is 51.9. The molecule has 0 aromatic carbocycles. The number of halogens is 3. The van der Waals surface area contributed by atoms with Crippen molar-refractivity contribution in [2.24, 2.45) is 0 Å². The van der Waals surface area contributed by atoms with E-state index in [2.05, 4.69) is 25.0 Å². The van der Waals surface area contributed by atoms with Gasteiger partial charge in [-0.3, -0.25) is 4.79 Å². The summed E-state index contributed by atoms with van der Waals surface area (Å²) in [7, 11) is 3.01. The maximum absolute atomic E-state index is 12.8. The molecule has 0 spiro atoms. The molecule has 1 N–H and O–H groups in total. The Balaban J connectivity index is 1.76. The molecule has 0 saturated carbocycles. The van der Waals surface area contributed by atoms with Crippen LogP contribution >= 0.6 is 11.3 Å². The van der Waals surface area contributed by atoms with Crippen molar-refractivity contribution in [1.82, 2.24) is 20.3 Å². The van der Waals surface area contributed by atoms with Crippen LogP contribution in [0.4, 0.5) is 13.2 Å². The first-order valence-electron chi connectivity index (χ1n) is 8.97. The van der Waals surface area contributed by atoms with Crippen molar-refractivity contribution in [2.45, 2.75) is 26.3 Å².